The second-order valence-electron chi connectivity index (χ2n) is 4.19. The quantitative estimate of drug-likeness (QED) is 0.343. The van der Waals surface area contributed by atoms with E-state index in [9.17, 15) is 10.1 Å². The van der Waals surface area contributed by atoms with Crippen LogP contribution in [0, 0.1) is 10.1 Å². The van der Waals surface area contributed by atoms with Gasteiger partial charge in [-0.1, -0.05) is 22.0 Å². The second kappa shape index (κ2) is 6.78. The number of halogens is 1. The maximum Gasteiger partial charge on any atom is 0.280 e. The maximum absolute atomic E-state index is 11.2. The van der Waals surface area contributed by atoms with Crippen LogP contribution in [0.3, 0.4) is 0 Å². The van der Waals surface area contributed by atoms with Crippen LogP contribution in [0.15, 0.2) is 18.2 Å². The SMILES string of the molecule is O=[N+]([O-])c1cccc2c1c(CNCCBr)nn2CCO. The fourth-order valence-corrected chi connectivity index (χ4v) is 2.38. The first-order valence-corrected chi connectivity index (χ1v) is 7.31. The number of benzene rings is 1. The number of aromatic nitrogens is 2. The van der Waals surface area contributed by atoms with Crippen molar-refractivity contribution in [3.8, 4) is 0 Å². The van der Waals surface area contributed by atoms with Gasteiger partial charge in [0.2, 0.25) is 0 Å². The van der Waals surface area contributed by atoms with Crippen molar-refractivity contribution in [2.75, 3.05) is 18.5 Å². The minimum Gasteiger partial charge on any atom is -0.394 e. The molecule has 0 saturated heterocycles. The van der Waals surface area contributed by atoms with Gasteiger partial charge < -0.3 is 10.4 Å². The zero-order valence-corrected chi connectivity index (χ0v) is 12.3. The third kappa shape index (κ3) is 2.97. The van der Waals surface area contributed by atoms with Gasteiger partial charge in [-0.05, 0) is 6.07 Å². The molecule has 8 heteroatoms. The highest BCUT2D eigenvalue weighted by Gasteiger charge is 2.20. The van der Waals surface area contributed by atoms with Crippen LogP contribution in [0.2, 0.25) is 0 Å². The third-order valence-electron chi connectivity index (χ3n) is 2.90. The van der Waals surface area contributed by atoms with Crippen LogP contribution in [0.1, 0.15) is 5.69 Å². The molecular formula is C12H15BrN4O3. The molecule has 0 fully saturated rings. The summed E-state index contributed by atoms with van der Waals surface area (Å²) >= 11 is 3.31. The van der Waals surface area contributed by atoms with Crippen LogP contribution >= 0.6 is 15.9 Å². The molecule has 0 aliphatic rings. The Bertz CT molecular complexity index is 614. The first kappa shape index (κ1) is 14.9. The van der Waals surface area contributed by atoms with Crippen molar-refractivity contribution < 1.29 is 10.0 Å². The molecule has 0 spiro atoms. The summed E-state index contributed by atoms with van der Waals surface area (Å²) in [5.74, 6) is 0. The zero-order chi connectivity index (χ0) is 14.5. The average molecular weight is 343 g/mol. The summed E-state index contributed by atoms with van der Waals surface area (Å²) in [4.78, 5) is 10.8. The van der Waals surface area contributed by atoms with E-state index in [2.05, 4.69) is 26.3 Å². The van der Waals surface area contributed by atoms with E-state index in [0.717, 1.165) is 11.9 Å². The molecule has 2 N–H and O–H groups in total. The number of hydrogen-bond donors (Lipinski definition) is 2. The lowest BCUT2D eigenvalue weighted by molar-refractivity contribution is -0.383. The topological polar surface area (TPSA) is 93.2 Å². The first-order chi connectivity index (χ1) is 9.69. The van der Waals surface area contributed by atoms with E-state index in [-0.39, 0.29) is 12.3 Å². The number of fused-ring (bicyclic) bond motifs is 1. The molecule has 0 saturated carbocycles. The van der Waals surface area contributed by atoms with Crippen LogP contribution in [0.25, 0.3) is 10.9 Å². The van der Waals surface area contributed by atoms with E-state index < -0.39 is 4.92 Å². The van der Waals surface area contributed by atoms with Gasteiger partial charge in [0.05, 0.1) is 29.3 Å². The molecule has 2 rings (SSSR count). The molecule has 0 unspecified atom stereocenters. The lowest BCUT2D eigenvalue weighted by atomic mass is 10.1. The first-order valence-electron chi connectivity index (χ1n) is 6.19. The minimum atomic E-state index is -0.402. The minimum absolute atomic E-state index is 0.0438. The zero-order valence-electron chi connectivity index (χ0n) is 10.8. The van der Waals surface area contributed by atoms with E-state index in [4.69, 9.17) is 5.11 Å². The summed E-state index contributed by atoms with van der Waals surface area (Å²) in [5.41, 5.74) is 1.34. The summed E-state index contributed by atoms with van der Waals surface area (Å²) in [6.45, 7) is 1.45. The van der Waals surface area contributed by atoms with Crippen molar-refractivity contribution in [2.45, 2.75) is 13.1 Å². The van der Waals surface area contributed by atoms with Crippen LogP contribution in [0.4, 0.5) is 5.69 Å². The molecule has 20 heavy (non-hydrogen) atoms. The van der Waals surface area contributed by atoms with Gasteiger partial charge in [-0.25, -0.2) is 0 Å². The summed E-state index contributed by atoms with van der Waals surface area (Å²) in [6.07, 6.45) is 0. The van der Waals surface area contributed by atoms with E-state index in [1.807, 2.05) is 0 Å². The average Bonchev–Trinajstić information content (AvgIpc) is 2.78. The number of nitro benzene ring substituents is 1. The molecule has 0 bridgehead atoms. The lowest BCUT2D eigenvalue weighted by Crippen LogP contribution is -2.16. The van der Waals surface area contributed by atoms with Crippen molar-refractivity contribution in [3.63, 3.8) is 0 Å². The largest absolute Gasteiger partial charge is 0.394 e. The Labute approximate surface area is 123 Å². The number of aliphatic hydroxyl groups excluding tert-OH is 1. The van der Waals surface area contributed by atoms with Gasteiger partial charge in [-0.15, -0.1) is 0 Å². The molecule has 1 heterocycles. The maximum atomic E-state index is 11.2. The van der Waals surface area contributed by atoms with Crippen LogP contribution in [0.5, 0.6) is 0 Å². The van der Waals surface area contributed by atoms with Crippen molar-refractivity contribution in [3.05, 3.63) is 34.0 Å². The number of hydrogen-bond acceptors (Lipinski definition) is 5. The van der Waals surface area contributed by atoms with Gasteiger partial charge in [0.25, 0.3) is 5.69 Å². The molecule has 7 nitrogen and oxygen atoms in total. The predicted molar refractivity (Wildman–Crippen MR) is 79.0 cm³/mol. The number of nitro groups is 1. The van der Waals surface area contributed by atoms with E-state index in [1.165, 1.54) is 6.07 Å². The van der Waals surface area contributed by atoms with Gasteiger partial charge in [-0.3, -0.25) is 14.8 Å². The third-order valence-corrected chi connectivity index (χ3v) is 3.30. The van der Waals surface area contributed by atoms with Crippen molar-refractivity contribution in [2.24, 2.45) is 0 Å². The Morgan fingerprint density at radius 3 is 2.95 bits per heavy atom. The number of alkyl halides is 1. The lowest BCUT2D eigenvalue weighted by Gasteiger charge is -2.00. The Kier molecular flexibility index (Phi) is 5.05. The molecule has 1 aromatic heterocycles. The molecular weight excluding hydrogens is 328 g/mol. The Balaban J connectivity index is 2.50. The molecule has 0 atom stereocenters. The number of nitrogens with zero attached hydrogens (tertiary/aromatic N) is 3. The van der Waals surface area contributed by atoms with Crippen molar-refractivity contribution in [1.82, 2.24) is 15.1 Å². The Hall–Kier alpha value is -1.51. The Morgan fingerprint density at radius 1 is 1.50 bits per heavy atom. The van der Waals surface area contributed by atoms with Gasteiger partial charge in [-0.2, -0.15) is 5.10 Å². The van der Waals surface area contributed by atoms with Crippen LogP contribution < -0.4 is 5.32 Å². The summed E-state index contributed by atoms with van der Waals surface area (Å²) in [6, 6.07) is 4.88. The number of nitrogens with one attached hydrogen (secondary N) is 1. The fourth-order valence-electron chi connectivity index (χ4n) is 2.10. The Morgan fingerprint density at radius 2 is 2.30 bits per heavy atom. The second-order valence-corrected chi connectivity index (χ2v) is 4.98. The van der Waals surface area contributed by atoms with Gasteiger partial charge in [0, 0.05) is 24.5 Å². The standard InChI is InChI=1S/C12H15BrN4O3/c13-4-5-14-8-9-12-10(16(15-9)6-7-18)2-1-3-11(12)17(19)20/h1-3,14,18H,4-8H2. The van der Waals surface area contributed by atoms with Gasteiger partial charge in [0.1, 0.15) is 5.39 Å². The van der Waals surface area contributed by atoms with Crippen molar-refractivity contribution in [1.29, 1.82) is 0 Å². The highest BCUT2D eigenvalue weighted by atomic mass is 79.9. The predicted octanol–water partition coefficient (Wildman–Crippen LogP) is 1.42. The summed E-state index contributed by atoms with van der Waals surface area (Å²) in [7, 11) is 0. The molecule has 1 aromatic carbocycles. The van der Waals surface area contributed by atoms with Crippen LogP contribution in [-0.4, -0.2) is 38.3 Å². The number of aliphatic hydroxyl groups is 1. The molecule has 0 aliphatic heterocycles. The highest BCUT2D eigenvalue weighted by molar-refractivity contribution is 9.09. The highest BCUT2D eigenvalue weighted by Crippen LogP contribution is 2.28. The smallest absolute Gasteiger partial charge is 0.280 e. The van der Waals surface area contributed by atoms with E-state index in [1.54, 1.807) is 16.8 Å². The van der Waals surface area contributed by atoms with E-state index in [0.29, 0.717) is 29.7 Å². The van der Waals surface area contributed by atoms with Crippen LogP contribution in [-0.2, 0) is 13.1 Å². The molecule has 2 aromatic rings. The normalized spacial score (nSPS) is 11.1. The van der Waals surface area contributed by atoms with Gasteiger partial charge >= 0.3 is 0 Å². The summed E-state index contributed by atoms with van der Waals surface area (Å²) < 4.78 is 1.60. The molecule has 0 radical (unpaired) electrons. The number of non-ortho nitro benzene ring substituents is 1. The monoisotopic (exact) mass is 342 g/mol. The number of rotatable bonds is 7. The molecule has 108 valence electrons. The summed E-state index contributed by atoms with van der Waals surface area (Å²) in [5, 5.41) is 29.1. The molecule has 0 amide bonds. The van der Waals surface area contributed by atoms with Gasteiger partial charge in [0.15, 0.2) is 0 Å². The molecule has 0 aliphatic carbocycles. The van der Waals surface area contributed by atoms with E-state index >= 15 is 0 Å². The van der Waals surface area contributed by atoms with Crippen molar-refractivity contribution >= 4 is 32.5 Å². The fraction of sp³-hybridized carbons (Fsp3) is 0.417.